The number of amides is 1. The Bertz CT molecular complexity index is 482. The summed E-state index contributed by atoms with van der Waals surface area (Å²) in [5, 5.41) is 0. The molecule has 1 aliphatic rings. The Morgan fingerprint density at radius 1 is 1.35 bits per heavy atom. The van der Waals surface area contributed by atoms with E-state index in [-0.39, 0.29) is 11.8 Å². The number of hydrogen-bond donors (Lipinski definition) is 1. The molecule has 0 bridgehead atoms. The molecule has 0 aromatic carbocycles. The highest BCUT2D eigenvalue weighted by Crippen LogP contribution is 2.30. The van der Waals surface area contributed by atoms with E-state index in [9.17, 15) is 18.0 Å². The standard InChI is InChI=1S/C13H16F3N3O/c14-13(15,16)10-2-1-3-12(18-10)19-6-4-9(5-7-19)8-11(17)20/h1-3,9H,4-8H2,(H2,17,20). The summed E-state index contributed by atoms with van der Waals surface area (Å²) in [6.45, 7) is 1.18. The van der Waals surface area contributed by atoms with E-state index in [1.807, 2.05) is 4.90 Å². The maximum Gasteiger partial charge on any atom is 0.433 e. The lowest BCUT2D eigenvalue weighted by Gasteiger charge is -2.32. The number of nitrogens with two attached hydrogens (primary N) is 1. The van der Waals surface area contributed by atoms with Crippen molar-refractivity contribution in [2.45, 2.75) is 25.4 Å². The average Bonchev–Trinajstić information content (AvgIpc) is 2.38. The fourth-order valence-corrected chi connectivity index (χ4v) is 2.41. The first kappa shape index (κ1) is 14.6. The number of nitrogens with zero attached hydrogens (tertiary/aromatic N) is 2. The van der Waals surface area contributed by atoms with Gasteiger partial charge < -0.3 is 10.6 Å². The van der Waals surface area contributed by atoms with E-state index >= 15 is 0 Å². The van der Waals surface area contributed by atoms with Gasteiger partial charge >= 0.3 is 6.18 Å². The molecule has 0 atom stereocenters. The molecular formula is C13H16F3N3O. The van der Waals surface area contributed by atoms with Gasteiger partial charge in [-0.3, -0.25) is 4.79 Å². The average molecular weight is 287 g/mol. The van der Waals surface area contributed by atoms with Crippen molar-refractivity contribution in [3.63, 3.8) is 0 Å². The van der Waals surface area contributed by atoms with Crippen molar-refractivity contribution >= 4 is 11.7 Å². The molecule has 0 radical (unpaired) electrons. The van der Waals surface area contributed by atoms with Crippen LogP contribution in [0.4, 0.5) is 19.0 Å². The third-order valence-electron chi connectivity index (χ3n) is 3.45. The number of aromatic nitrogens is 1. The molecule has 4 nitrogen and oxygen atoms in total. The smallest absolute Gasteiger partial charge is 0.370 e. The second-order valence-corrected chi connectivity index (χ2v) is 4.98. The van der Waals surface area contributed by atoms with Gasteiger partial charge in [-0.15, -0.1) is 0 Å². The molecule has 0 saturated carbocycles. The molecule has 1 saturated heterocycles. The fraction of sp³-hybridized carbons (Fsp3) is 0.538. The molecule has 7 heteroatoms. The summed E-state index contributed by atoms with van der Waals surface area (Å²) >= 11 is 0. The van der Waals surface area contributed by atoms with Crippen LogP contribution >= 0.6 is 0 Å². The third-order valence-corrected chi connectivity index (χ3v) is 3.45. The van der Waals surface area contributed by atoms with E-state index in [0.29, 0.717) is 25.3 Å². The maximum atomic E-state index is 12.6. The zero-order valence-electron chi connectivity index (χ0n) is 10.9. The Kier molecular flexibility index (Phi) is 4.15. The van der Waals surface area contributed by atoms with Gasteiger partial charge in [-0.25, -0.2) is 4.98 Å². The number of hydrogen-bond acceptors (Lipinski definition) is 3. The minimum absolute atomic E-state index is 0.217. The summed E-state index contributed by atoms with van der Waals surface area (Å²) in [6.07, 6.45) is -2.62. The molecule has 2 N–H and O–H groups in total. The second-order valence-electron chi connectivity index (χ2n) is 4.98. The summed E-state index contributed by atoms with van der Waals surface area (Å²) in [5.74, 6) is 0.215. The minimum Gasteiger partial charge on any atom is -0.370 e. The van der Waals surface area contributed by atoms with Gasteiger partial charge in [-0.1, -0.05) is 6.07 Å². The van der Waals surface area contributed by atoms with Gasteiger partial charge in [0.1, 0.15) is 11.5 Å². The van der Waals surface area contributed by atoms with Gasteiger partial charge in [0.15, 0.2) is 0 Å². The maximum absolute atomic E-state index is 12.6. The Morgan fingerprint density at radius 2 is 2.00 bits per heavy atom. The first-order valence-corrected chi connectivity index (χ1v) is 6.44. The lowest BCUT2D eigenvalue weighted by Crippen LogP contribution is -2.35. The number of pyridine rings is 1. The molecule has 1 aliphatic heterocycles. The van der Waals surface area contributed by atoms with Crippen molar-refractivity contribution < 1.29 is 18.0 Å². The van der Waals surface area contributed by atoms with Crippen LogP contribution in [0.15, 0.2) is 18.2 Å². The van der Waals surface area contributed by atoms with Crippen molar-refractivity contribution in [3.05, 3.63) is 23.9 Å². The van der Waals surface area contributed by atoms with E-state index in [4.69, 9.17) is 5.73 Å². The highest BCUT2D eigenvalue weighted by atomic mass is 19.4. The molecule has 1 fully saturated rings. The Balaban J connectivity index is 2.02. The van der Waals surface area contributed by atoms with Gasteiger partial charge in [0.05, 0.1) is 0 Å². The Morgan fingerprint density at radius 3 is 2.55 bits per heavy atom. The molecule has 2 heterocycles. The Hall–Kier alpha value is -1.79. The predicted octanol–water partition coefficient (Wildman–Crippen LogP) is 2.19. The quantitative estimate of drug-likeness (QED) is 0.927. The van der Waals surface area contributed by atoms with Crippen LogP contribution in [0, 0.1) is 5.92 Å². The minimum atomic E-state index is -4.43. The highest BCUT2D eigenvalue weighted by Gasteiger charge is 2.33. The first-order chi connectivity index (χ1) is 9.36. The van der Waals surface area contributed by atoms with E-state index in [1.165, 1.54) is 6.07 Å². The number of piperidine rings is 1. The van der Waals surface area contributed by atoms with Crippen molar-refractivity contribution in [1.29, 1.82) is 0 Å². The summed E-state index contributed by atoms with van der Waals surface area (Å²) in [5.41, 5.74) is 4.27. The molecule has 0 unspecified atom stereocenters. The SMILES string of the molecule is NC(=O)CC1CCN(c2cccc(C(F)(F)F)n2)CC1. The topological polar surface area (TPSA) is 59.2 Å². The second kappa shape index (κ2) is 5.68. The molecule has 1 aromatic heterocycles. The van der Waals surface area contributed by atoms with Gasteiger partial charge in [0, 0.05) is 19.5 Å². The van der Waals surface area contributed by atoms with E-state index in [1.54, 1.807) is 6.07 Å². The fourth-order valence-electron chi connectivity index (χ4n) is 2.41. The number of halogens is 3. The monoisotopic (exact) mass is 287 g/mol. The molecule has 1 amide bonds. The van der Waals surface area contributed by atoms with Crippen LogP contribution in [0.2, 0.25) is 0 Å². The number of alkyl halides is 3. The van der Waals surface area contributed by atoms with Crippen LogP contribution in [-0.4, -0.2) is 24.0 Å². The Labute approximate surface area is 114 Å². The number of carbonyl (C=O) groups is 1. The normalized spacial score (nSPS) is 17.2. The zero-order valence-corrected chi connectivity index (χ0v) is 10.9. The van der Waals surface area contributed by atoms with Gasteiger partial charge in [0.2, 0.25) is 5.91 Å². The summed E-state index contributed by atoms with van der Waals surface area (Å²) in [7, 11) is 0. The van der Waals surface area contributed by atoms with Gasteiger partial charge in [0.25, 0.3) is 0 Å². The summed E-state index contributed by atoms with van der Waals surface area (Å²) in [4.78, 5) is 16.3. The number of primary amides is 1. The molecule has 110 valence electrons. The van der Waals surface area contributed by atoms with Crippen LogP contribution in [0.1, 0.15) is 25.0 Å². The predicted molar refractivity (Wildman–Crippen MR) is 68.0 cm³/mol. The van der Waals surface area contributed by atoms with Crippen molar-refractivity contribution in [1.82, 2.24) is 4.98 Å². The lowest BCUT2D eigenvalue weighted by atomic mass is 9.93. The zero-order chi connectivity index (χ0) is 14.8. The molecule has 0 spiro atoms. The van der Waals surface area contributed by atoms with Crippen LogP contribution in [0.3, 0.4) is 0 Å². The number of rotatable bonds is 3. The van der Waals surface area contributed by atoms with Crippen LogP contribution < -0.4 is 10.6 Å². The summed E-state index contributed by atoms with van der Waals surface area (Å²) < 4.78 is 37.8. The van der Waals surface area contributed by atoms with Crippen LogP contribution in [0.25, 0.3) is 0 Å². The first-order valence-electron chi connectivity index (χ1n) is 6.44. The molecular weight excluding hydrogens is 271 g/mol. The van der Waals surface area contributed by atoms with E-state index < -0.39 is 11.9 Å². The molecule has 0 aliphatic carbocycles. The largest absolute Gasteiger partial charge is 0.433 e. The van der Waals surface area contributed by atoms with E-state index in [2.05, 4.69) is 4.98 Å². The number of carbonyl (C=O) groups excluding carboxylic acids is 1. The van der Waals surface area contributed by atoms with Crippen molar-refractivity contribution in [2.75, 3.05) is 18.0 Å². The number of anilines is 1. The molecule has 1 aromatic rings. The highest BCUT2D eigenvalue weighted by molar-refractivity contribution is 5.74. The lowest BCUT2D eigenvalue weighted by molar-refractivity contribution is -0.141. The van der Waals surface area contributed by atoms with Gasteiger partial charge in [-0.2, -0.15) is 13.2 Å². The molecule has 2 rings (SSSR count). The van der Waals surface area contributed by atoms with Crippen molar-refractivity contribution in [3.8, 4) is 0 Å². The third kappa shape index (κ3) is 3.61. The van der Waals surface area contributed by atoms with Crippen molar-refractivity contribution in [2.24, 2.45) is 11.7 Å². The molecule has 20 heavy (non-hydrogen) atoms. The summed E-state index contributed by atoms with van der Waals surface area (Å²) in [6, 6.07) is 3.90. The van der Waals surface area contributed by atoms with Crippen LogP contribution in [-0.2, 0) is 11.0 Å². The van der Waals surface area contributed by atoms with E-state index in [0.717, 1.165) is 18.9 Å². The van der Waals surface area contributed by atoms with Crippen LogP contribution in [0.5, 0.6) is 0 Å². The van der Waals surface area contributed by atoms with Gasteiger partial charge in [-0.05, 0) is 30.9 Å².